The monoisotopic (exact) mass is 297 g/mol. The van der Waals surface area contributed by atoms with Gasteiger partial charge in [0, 0.05) is 0 Å². The van der Waals surface area contributed by atoms with Gasteiger partial charge in [0.1, 0.15) is 11.4 Å². The van der Waals surface area contributed by atoms with Crippen molar-refractivity contribution >= 4 is 5.69 Å². The van der Waals surface area contributed by atoms with Crippen LogP contribution < -0.4 is 4.74 Å². The smallest absolute Gasteiger partial charge is 0.130 e. The van der Waals surface area contributed by atoms with E-state index < -0.39 is 0 Å². The lowest BCUT2D eigenvalue weighted by Gasteiger charge is -2.18. The lowest BCUT2D eigenvalue weighted by molar-refractivity contribution is 0.271. The maximum atomic E-state index is 11.0. The van der Waals surface area contributed by atoms with Crippen LogP contribution in [0.25, 0.3) is 11.3 Å². The first-order valence-electron chi connectivity index (χ1n) is 7.61. The van der Waals surface area contributed by atoms with E-state index in [1.165, 1.54) is 6.42 Å². The number of hydrogen-bond acceptors (Lipinski definition) is 4. The van der Waals surface area contributed by atoms with Crippen LogP contribution in [0.5, 0.6) is 5.75 Å². The van der Waals surface area contributed by atoms with Crippen molar-refractivity contribution in [1.82, 2.24) is 9.97 Å². The highest BCUT2D eigenvalue weighted by atomic mass is 16.5. The molecule has 1 heterocycles. The molecule has 1 atom stereocenters. The van der Waals surface area contributed by atoms with Gasteiger partial charge in [-0.3, -0.25) is 0 Å². The van der Waals surface area contributed by atoms with E-state index in [2.05, 4.69) is 27.3 Å². The van der Waals surface area contributed by atoms with Crippen LogP contribution in [-0.4, -0.2) is 16.6 Å². The third-order valence-electron chi connectivity index (χ3n) is 4.03. The van der Waals surface area contributed by atoms with E-state index >= 15 is 0 Å². The SMILES string of the molecule is O=Nc1cccc(OCCC2CC=CCC2)c1-c1cnc[nH]1. The Kier molecular flexibility index (Phi) is 4.63. The van der Waals surface area contributed by atoms with Gasteiger partial charge in [-0.15, -0.1) is 4.91 Å². The van der Waals surface area contributed by atoms with Gasteiger partial charge in [-0.25, -0.2) is 4.98 Å². The number of rotatable bonds is 6. The summed E-state index contributed by atoms with van der Waals surface area (Å²) < 4.78 is 5.94. The molecule has 1 aliphatic carbocycles. The second-order valence-corrected chi connectivity index (χ2v) is 5.49. The first kappa shape index (κ1) is 14.5. The van der Waals surface area contributed by atoms with Crippen LogP contribution in [0.15, 0.2) is 48.1 Å². The van der Waals surface area contributed by atoms with Crippen molar-refractivity contribution < 1.29 is 4.74 Å². The van der Waals surface area contributed by atoms with Crippen molar-refractivity contribution in [1.29, 1.82) is 0 Å². The van der Waals surface area contributed by atoms with E-state index in [0.717, 1.165) is 25.0 Å². The summed E-state index contributed by atoms with van der Waals surface area (Å²) in [6, 6.07) is 5.34. The zero-order valence-electron chi connectivity index (χ0n) is 12.4. The maximum Gasteiger partial charge on any atom is 0.130 e. The highest BCUT2D eigenvalue weighted by Crippen LogP contribution is 2.37. The first-order chi connectivity index (χ1) is 10.9. The Morgan fingerprint density at radius 2 is 2.32 bits per heavy atom. The van der Waals surface area contributed by atoms with Crippen LogP contribution >= 0.6 is 0 Å². The van der Waals surface area contributed by atoms with E-state index in [1.54, 1.807) is 24.7 Å². The zero-order chi connectivity index (χ0) is 15.2. The number of aromatic amines is 1. The van der Waals surface area contributed by atoms with Crippen molar-refractivity contribution in [3.63, 3.8) is 0 Å². The fourth-order valence-corrected chi connectivity index (χ4v) is 2.83. The number of H-pyrrole nitrogens is 1. The zero-order valence-corrected chi connectivity index (χ0v) is 12.4. The summed E-state index contributed by atoms with van der Waals surface area (Å²) in [6.07, 6.45) is 12.3. The van der Waals surface area contributed by atoms with Crippen molar-refractivity contribution in [2.75, 3.05) is 6.61 Å². The summed E-state index contributed by atoms with van der Waals surface area (Å²) in [7, 11) is 0. The van der Waals surface area contributed by atoms with Gasteiger partial charge in [0.2, 0.25) is 0 Å². The molecule has 1 N–H and O–H groups in total. The molecule has 1 aromatic heterocycles. The molecular formula is C17H19N3O2. The third-order valence-corrected chi connectivity index (χ3v) is 4.03. The predicted octanol–water partition coefficient (Wildman–Crippen LogP) is 4.60. The molecule has 114 valence electrons. The average Bonchev–Trinajstić information content (AvgIpc) is 3.09. The molecule has 0 saturated carbocycles. The average molecular weight is 297 g/mol. The summed E-state index contributed by atoms with van der Waals surface area (Å²) in [4.78, 5) is 18.1. The number of aromatic nitrogens is 2. The van der Waals surface area contributed by atoms with Gasteiger partial charge in [-0.1, -0.05) is 18.2 Å². The molecule has 22 heavy (non-hydrogen) atoms. The second kappa shape index (κ2) is 7.02. The minimum atomic E-state index is 0.363. The lowest BCUT2D eigenvalue weighted by atomic mass is 9.92. The molecule has 0 fully saturated rings. The van der Waals surface area contributed by atoms with Crippen molar-refractivity contribution in [3.05, 3.63) is 47.8 Å². The Bertz CT molecular complexity index is 650. The molecule has 1 aliphatic rings. The molecule has 0 radical (unpaired) electrons. The van der Waals surface area contributed by atoms with Crippen LogP contribution in [-0.2, 0) is 0 Å². The van der Waals surface area contributed by atoms with Gasteiger partial charge >= 0.3 is 0 Å². The number of ether oxygens (including phenoxy) is 1. The van der Waals surface area contributed by atoms with E-state index in [1.807, 2.05) is 6.07 Å². The minimum absolute atomic E-state index is 0.363. The van der Waals surface area contributed by atoms with Gasteiger partial charge in [0.05, 0.1) is 30.4 Å². The molecule has 0 saturated heterocycles. The summed E-state index contributed by atoms with van der Waals surface area (Å²) >= 11 is 0. The van der Waals surface area contributed by atoms with Crippen LogP contribution in [0.2, 0.25) is 0 Å². The highest BCUT2D eigenvalue weighted by molar-refractivity contribution is 5.78. The summed E-state index contributed by atoms with van der Waals surface area (Å²) in [6.45, 7) is 0.641. The number of nitrogens with one attached hydrogen (secondary N) is 1. The summed E-state index contributed by atoms with van der Waals surface area (Å²) in [5.74, 6) is 1.36. The van der Waals surface area contributed by atoms with E-state index in [-0.39, 0.29) is 0 Å². The van der Waals surface area contributed by atoms with Gasteiger partial charge in [0.15, 0.2) is 0 Å². The van der Waals surface area contributed by atoms with Crippen LogP contribution in [0, 0.1) is 10.8 Å². The van der Waals surface area contributed by atoms with E-state index in [9.17, 15) is 4.91 Å². The molecule has 5 heteroatoms. The van der Waals surface area contributed by atoms with Crippen LogP contribution in [0.3, 0.4) is 0 Å². The summed E-state index contributed by atoms with van der Waals surface area (Å²) in [5, 5.41) is 3.10. The third kappa shape index (κ3) is 3.24. The highest BCUT2D eigenvalue weighted by Gasteiger charge is 2.15. The van der Waals surface area contributed by atoms with Crippen molar-refractivity contribution in [2.24, 2.45) is 11.1 Å². The quantitative estimate of drug-likeness (QED) is 0.626. The van der Waals surface area contributed by atoms with Gasteiger partial charge in [-0.05, 0) is 48.9 Å². The molecule has 1 aromatic carbocycles. The fourth-order valence-electron chi connectivity index (χ4n) is 2.83. The van der Waals surface area contributed by atoms with E-state index in [0.29, 0.717) is 29.5 Å². The Balaban J connectivity index is 1.73. The number of nitrogens with zero attached hydrogens (tertiary/aromatic N) is 2. The van der Waals surface area contributed by atoms with Crippen LogP contribution in [0.1, 0.15) is 25.7 Å². The maximum absolute atomic E-state index is 11.0. The molecular weight excluding hydrogens is 278 g/mol. The molecule has 0 aliphatic heterocycles. The fraction of sp³-hybridized carbons (Fsp3) is 0.353. The normalized spacial score (nSPS) is 17.4. The molecule has 2 aromatic rings. The molecule has 1 unspecified atom stereocenters. The van der Waals surface area contributed by atoms with Gasteiger partial charge in [-0.2, -0.15) is 0 Å². The van der Waals surface area contributed by atoms with Crippen molar-refractivity contribution in [2.45, 2.75) is 25.7 Å². The Morgan fingerprint density at radius 1 is 1.36 bits per heavy atom. The van der Waals surface area contributed by atoms with Gasteiger partial charge in [0.25, 0.3) is 0 Å². The Labute approximate surface area is 129 Å². The number of imidazole rings is 1. The largest absolute Gasteiger partial charge is 0.493 e. The second-order valence-electron chi connectivity index (χ2n) is 5.49. The molecule has 0 bridgehead atoms. The minimum Gasteiger partial charge on any atom is -0.493 e. The topological polar surface area (TPSA) is 67.3 Å². The summed E-state index contributed by atoms with van der Waals surface area (Å²) in [5.41, 5.74) is 1.78. The predicted molar refractivity (Wildman–Crippen MR) is 86.1 cm³/mol. The Hall–Kier alpha value is -2.43. The van der Waals surface area contributed by atoms with Crippen molar-refractivity contribution in [3.8, 4) is 17.0 Å². The van der Waals surface area contributed by atoms with Crippen LogP contribution in [0.4, 0.5) is 5.69 Å². The van der Waals surface area contributed by atoms with Gasteiger partial charge < -0.3 is 9.72 Å². The molecule has 5 nitrogen and oxygen atoms in total. The molecule has 0 spiro atoms. The number of nitroso groups, excluding NO2 is 1. The van der Waals surface area contributed by atoms with E-state index in [4.69, 9.17) is 4.74 Å². The number of hydrogen-bond donors (Lipinski definition) is 1. The molecule has 3 rings (SSSR count). The number of benzene rings is 1. The Morgan fingerprint density at radius 3 is 3.05 bits per heavy atom. The molecule has 0 amide bonds. The standard InChI is InChI=1S/C17H19N3O2/c21-20-14-7-4-8-16(17(14)15-11-18-12-19-15)22-10-9-13-5-2-1-3-6-13/h1-2,4,7-8,11-13H,3,5-6,9-10H2,(H,18,19). The first-order valence-corrected chi connectivity index (χ1v) is 7.61. The number of allylic oxidation sites excluding steroid dienone is 2. The lowest BCUT2D eigenvalue weighted by Crippen LogP contribution is -2.09.